The number of nitrogens with zero attached hydrogens (tertiary/aromatic N) is 2. The lowest BCUT2D eigenvalue weighted by molar-refractivity contribution is 0.0553. The van der Waals surface area contributed by atoms with Crippen LogP contribution in [0.25, 0.3) is 0 Å². The molecule has 0 atom stereocenters. The minimum absolute atomic E-state index is 0.0664. The van der Waals surface area contributed by atoms with Gasteiger partial charge in [0.1, 0.15) is 10.7 Å². The van der Waals surface area contributed by atoms with E-state index in [1.54, 1.807) is 0 Å². The Morgan fingerprint density at radius 3 is 2.53 bits per heavy atom. The zero-order valence-corrected chi connectivity index (χ0v) is 12.6. The molecule has 5 heteroatoms. The maximum atomic E-state index is 12.3. The number of carbonyl (C=O) groups excluding carboxylic acids is 1. The van der Waals surface area contributed by atoms with Crippen molar-refractivity contribution in [2.75, 3.05) is 13.1 Å². The van der Waals surface area contributed by atoms with E-state index < -0.39 is 0 Å². The molecule has 2 N–H and O–H groups in total. The summed E-state index contributed by atoms with van der Waals surface area (Å²) in [5, 5.41) is 2.66. The molecule has 0 aliphatic carbocycles. The van der Waals surface area contributed by atoms with Crippen molar-refractivity contribution >= 4 is 17.2 Å². The van der Waals surface area contributed by atoms with Gasteiger partial charge in [-0.05, 0) is 18.3 Å². The molecule has 1 aromatic rings. The Labute approximate surface area is 119 Å². The van der Waals surface area contributed by atoms with Gasteiger partial charge in [0, 0.05) is 25.0 Å². The number of hydrogen-bond acceptors (Lipinski definition) is 4. The number of carbonyl (C=O) groups is 1. The first-order valence-electron chi connectivity index (χ1n) is 7.08. The van der Waals surface area contributed by atoms with Crippen molar-refractivity contribution in [2.24, 2.45) is 11.1 Å². The molecule has 1 fully saturated rings. The minimum atomic E-state index is 0.0664. The van der Waals surface area contributed by atoms with Crippen molar-refractivity contribution in [2.45, 2.75) is 46.1 Å². The molecule has 0 spiro atoms. The van der Waals surface area contributed by atoms with Crippen LogP contribution >= 0.6 is 11.3 Å². The fourth-order valence-electron chi connectivity index (χ4n) is 2.81. The Bertz CT molecular complexity index is 430. The number of hydrogen-bond donors (Lipinski definition) is 1. The lowest BCUT2D eigenvalue weighted by Gasteiger charge is -2.40. The highest BCUT2D eigenvalue weighted by Gasteiger charge is 2.33. The third-order valence-corrected chi connectivity index (χ3v) is 5.43. The SMILES string of the molecule is CCC1(CC)CCN(C(=O)c2csc(CN)n2)CC1. The minimum Gasteiger partial charge on any atom is -0.337 e. The summed E-state index contributed by atoms with van der Waals surface area (Å²) in [6.07, 6.45) is 4.64. The Kier molecular flexibility index (Phi) is 4.58. The van der Waals surface area contributed by atoms with Crippen molar-refractivity contribution in [3.63, 3.8) is 0 Å². The van der Waals surface area contributed by atoms with Gasteiger partial charge in [0.15, 0.2) is 0 Å². The predicted octanol–water partition coefficient (Wildman–Crippen LogP) is 2.64. The summed E-state index contributed by atoms with van der Waals surface area (Å²) in [6.45, 7) is 6.64. The first kappa shape index (κ1) is 14.5. The van der Waals surface area contributed by atoms with Crippen LogP contribution < -0.4 is 5.73 Å². The van der Waals surface area contributed by atoms with Crippen molar-refractivity contribution in [3.8, 4) is 0 Å². The van der Waals surface area contributed by atoms with E-state index in [4.69, 9.17) is 5.73 Å². The van der Waals surface area contributed by atoms with Gasteiger partial charge in [0.2, 0.25) is 0 Å². The summed E-state index contributed by atoms with van der Waals surface area (Å²) in [7, 11) is 0. The van der Waals surface area contributed by atoms with Crippen LogP contribution in [0.1, 0.15) is 55.0 Å². The van der Waals surface area contributed by atoms with Crippen LogP contribution in [-0.2, 0) is 6.54 Å². The summed E-state index contributed by atoms with van der Waals surface area (Å²) >= 11 is 1.47. The van der Waals surface area contributed by atoms with E-state index >= 15 is 0 Å². The van der Waals surface area contributed by atoms with Crippen LogP contribution in [0, 0.1) is 5.41 Å². The van der Waals surface area contributed by atoms with Gasteiger partial charge in [0.05, 0.1) is 0 Å². The number of aromatic nitrogens is 1. The third kappa shape index (κ3) is 2.98. The van der Waals surface area contributed by atoms with E-state index in [1.165, 1.54) is 24.2 Å². The summed E-state index contributed by atoms with van der Waals surface area (Å²) in [4.78, 5) is 18.6. The monoisotopic (exact) mass is 281 g/mol. The molecule has 0 aromatic carbocycles. The molecule has 2 rings (SSSR count). The summed E-state index contributed by atoms with van der Waals surface area (Å²) in [5.41, 5.74) is 6.54. The first-order chi connectivity index (χ1) is 9.14. The topological polar surface area (TPSA) is 59.2 Å². The molecule has 0 radical (unpaired) electrons. The predicted molar refractivity (Wildman–Crippen MR) is 78.2 cm³/mol. The van der Waals surface area contributed by atoms with Crippen LogP contribution in [0.3, 0.4) is 0 Å². The van der Waals surface area contributed by atoms with Crippen molar-refractivity contribution < 1.29 is 4.79 Å². The molecule has 1 aliphatic heterocycles. The Hall–Kier alpha value is -0.940. The smallest absolute Gasteiger partial charge is 0.273 e. The second-order valence-electron chi connectivity index (χ2n) is 5.33. The summed E-state index contributed by atoms with van der Waals surface area (Å²) in [5.74, 6) is 0.0664. The van der Waals surface area contributed by atoms with Crippen molar-refractivity contribution in [1.29, 1.82) is 0 Å². The quantitative estimate of drug-likeness (QED) is 0.923. The van der Waals surface area contributed by atoms with Gasteiger partial charge in [-0.15, -0.1) is 11.3 Å². The number of likely N-dealkylation sites (tertiary alicyclic amines) is 1. The van der Waals surface area contributed by atoms with Crippen LogP contribution in [0.4, 0.5) is 0 Å². The molecule has 1 aliphatic rings. The lowest BCUT2D eigenvalue weighted by Crippen LogP contribution is -2.42. The Morgan fingerprint density at radius 1 is 1.42 bits per heavy atom. The Balaban J connectivity index is 1.99. The second-order valence-corrected chi connectivity index (χ2v) is 6.27. The van der Waals surface area contributed by atoms with E-state index in [0.29, 0.717) is 17.7 Å². The molecule has 0 unspecified atom stereocenters. The van der Waals surface area contributed by atoms with Gasteiger partial charge in [0.25, 0.3) is 5.91 Å². The third-order valence-electron chi connectivity index (χ3n) is 4.56. The van der Waals surface area contributed by atoms with E-state index in [-0.39, 0.29) is 5.91 Å². The van der Waals surface area contributed by atoms with Gasteiger partial charge in [-0.25, -0.2) is 4.98 Å². The number of piperidine rings is 1. The fraction of sp³-hybridized carbons (Fsp3) is 0.714. The maximum Gasteiger partial charge on any atom is 0.273 e. The second kappa shape index (κ2) is 6.01. The van der Waals surface area contributed by atoms with Crippen molar-refractivity contribution in [3.05, 3.63) is 16.1 Å². The van der Waals surface area contributed by atoms with Gasteiger partial charge >= 0.3 is 0 Å². The molecule has 1 aromatic heterocycles. The average molecular weight is 281 g/mol. The fourth-order valence-corrected chi connectivity index (χ4v) is 3.45. The molecule has 0 saturated carbocycles. The molecule has 1 amide bonds. The number of thiazole rings is 1. The highest BCUT2D eigenvalue weighted by Crippen LogP contribution is 2.38. The van der Waals surface area contributed by atoms with E-state index in [0.717, 1.165) is 30.9 Å². The molecule has 4 nitrogen and oxygen atoms in total. The number of amides is 1. The first-order valence-corrected chi connectivity index (χ1v) is 7.96. The maximum absolute atomic E-state index is 12.3. The average Bonchev–Trinajstić information content (AvgIpc) is 2.95. The molecule has 19 heavy (non-hydrogen) atoms. The zero-order valence-electron chi connectivity index (χ0n) is 11.8. The zero-order chi connectivity index (χ0) is 13.9. The largest absolute Gasteiger partial charge is 0.337 e. The number of rotatable bonds is 4. The van der Waals surface area contributed by atoms with Gasteiger partial charge in [-0.3, -0.25) is 4.79 Å². The Morgan fingerprint density at radius 2 is 2.05 bits per heavy atom. The molecule has 106 valence electrons. The van der Waals surface area contributed by atoms with E-state index in [9.17, 15) is 4.79 Å². The van der Waals surface area contributed by atoms with Crippen molar-refractivity contribution in [1.82, 2.24) is 9.88 Å². The molecule has 0 bridgehead atoms. The van der Waals surface area contributed by atoms with Crippen LogP contribution in [0.15, 0.2) is 5.38 Å². The van der Waals surface area contributed by atoms with Crippen LogP contribution in [0.5, 0.6) is 0 Å². The number of nitrogens with two attached hydrogens (primary N) is 1. The standard InChI is InChI=1S/C14H23N3OS/c1-3-14(4-2)5-7-17(8-6-14)13(18)11-10-19-12(9-15)16-11/h10H,3-9,15H2,1-2H3. The molecule has 2 heterocycles. The van der Waals surface area contributed by atoms with Crippen LogP contribution in [-0.4, -0.2) is 28.9 Å². The van der Waals surface area contributed by atoms with Gasteiger partial charge in [-0.1, -0.05) is 26.7 Å². The van der Waals surface area contributed by atoms with E-state index in [1.807, 2.05) is 10.3 Å². The molecule has 1 saturated heterocycles. The van der Waals surface area contributed by atoms with Gasteiger partial charge < -0.3 is 10.6 Å². The highest BCUT2D eigenvalue weighted by atomic mass is 32.1. The highest BCUT2D eigenvalue weighted by molar-refractivity contribution is 7.09. The molecular formula is C14H23N3OS. The summed E-state index contributed by atoms with van der Waals surface area (Å²) < 4.78 is 0. The van der Waals surface area contributed by atoms with E-state index in [2.05, 4.69) is 18.8 Å². The van der Waals surface area contributed by atoms with Gasteiger partial charge in [-0.2, -0.15) is 0 Å². The lowest BCUT2D eigenvalue weighted by atomic mass is 9.74. The molecular weight excluding hydrogens is 258 g/mol. The normalized spacial score (nSPS) is 18.6. The van der Waals surface area contributed by atoms with Crippen LogP contribution in [0.2, 0.25) is 0 Å². The summed E-state index contributed by atoms with van der Waals surface area (Å²) in [6, 6.07) is 0.